The van der Waals surface area contributed by atoms with E-state index in [0.29, 0.717) is 34.6 Å². The number of fused-ring (bicyclic) bond motifs is 2. The van der Waals surface area contributed by atoms with E-state index >= 15 is 0 Å². The maximum atomic E-state index is 10.3. The number of benzene rings is 2. The van der Waals surface area contributed by atoms with Crippen LogP contribution in [0.3, 0.4) is 0 Å². The van der Waals surface area contributed by atoms with Crippen molar-refractivity contribution in [1.82, 2.24) is 0 Å². The molecule has 124 valence electrons. The van der Waals surface area contributed by atoms with Crippen LogP contribution in [-0.4, -0.2) is 27.0 Å². The molecule has 1 atom stereocenters. The quantitative estimate of drug-likeness (QED) is 0.636. The van der Waals surface area contributed by atoms with Gasteiger partial charge < -0.3 is 24.5 Å². The average molecular weight is 326 g/mol. The molecule has 5 heteroatoms. The van der Waals surface area contributed by atoms with E-state index in [2.05, 4.69) is 0 Å². The lowest BCUT2D eigenvalue weighted by atomic mass is 9.90. The van der Waals surface area contributed by atoms with Crippen LogP contribution in [0.1, 0.15) is 19.4 Å². The van der Waals surface area contributed by atoms with Crippen LogP contribution in [0, 0.1) is 0 Å². The molecule has 0 saturated heterocycles. The van der Waals surface area contributed by atoms with Gasteiger partial charge in [-0.15, -0.1) is 0 Å². The molecule has 0 fully saturated rings. The van der Waals surface area contributed by atoms with E-state index in [-0.39, 0.29) is 11.5 Å². The molecule has 4 rings (SSSR count). The third-order valence-corrected chi connectivity index (χ3v) is 4.55. The van der Waals surface area contributed by atoms with Gasteiger partial charge >= 0.3 is 0 Å². The van der Waals surface area contributed by atoms with Gasteiger partial charge in [0.15, 0.2) is 0 Å². The Kier molecular flexibility index (Phi) is 3.05. The van der Waals surface area contributed by atoms with Gasteiger partial charge in [-0.2, -0.15) is 0 Å². The number of phenolic OH excluding ortho intramolecular Hbond substituents is 2. The maximum Gasteiger partial charge on any atom is 0.138 e. The number of aliphatic hydroxyl groups excluding tert-OH is 1. The molecule has 0 aliphatic carbocycles. The van der Waals surface area contributed by atoms with Crippen molar-refractivity contribution in [3.8, 4) is 28.6 Å². The average Bonchev–Trinajstić information content (AvgIpc) is 2.92. The molecule has 1 unspecified atom stereocenters. The van der Waals surface area contributed by atoms with Crippen LogP contribution in [0.4, 0.5) is 0 Å². The number of hydrogen-bond donors (Lipinski definition) is 3. The predicted molar refractivity (Wildman–Crippen MR) is 89.4 cm³/mol. The van der Waals surface area contributed by atoms with Crippen LogP contribution in [-0.2, 0) is 6.42 Å². The Bertz CT molecular complexity index is 938. The smallest absolute Gasteiger partial charge is 0.138 e. The summed E-state index contributed by atoms with van der Waals surface area (Å²) in [7, 11) is 0. The fraction of sp³-hybridized carbons (Fsp3) is 0.263. The lowest BCUT2D eigenvalue weighted by Crippen LogP contribution is -2.46. The Morgan fingerprint density at radius 3 is 2.67 bits per heavy atom. The summed E-state index contributed by atoms with van der Waals surface area (Å²) in [4.78, 5) is 0. The van der Waals surface area contributed by atoms with E-state index in [9.17, 15) is 15.3 Å². The van der Waals surface area contributed by atoms with Crippen molar-refractivity contribution in [2.24, 2.45) is 0 Å². The summed E-state index contributed by atoms with van der Waals surface area (Å²) in [6.45, 7) is 3.63. The first-order valence-electron chi connectivity index (χ1n) is 7.79. The van der Waals surface area contributed by atoms with Crippen LogP contribution in [0.5, 0.6) is 17.2 Å². The van der Waals surface area contributed by atoms with Gasteiger partial charge in [0, 0.05) is 29.0 Å². The Labute approximate surface area is 138 Å². The zero-order chi connectivity index (χ0) is 17.1. The first kappa shape index (κ1) is 14.9. The summed E-state index contributed by atoms with van der Waals surface area (Å²) >= 11 is 0. The van der Waals surface area contributed by atoms with E-state index in [1.807, 2.05) is 19.9 Å². The van der Waals surface area contributed by atoms with Gasteiger partial charge in [-0.3, -0.25) is 0 Å². The third kappa shape index (κ3) is 2.29. The van der Waals surface area contributed by atoms with Crippen LogP contribution < -0.4 is 4.74 Å². The minimum Gasteiger partial charge on any atom is -0.508 e. The van der Waals surface area contributed by atoms with Crippen molar-refractivity contribution >= 4 is 11.0 Å². The molecule has 0 spiro atoms. The Hall–Kier alpha value is -2.66. The number of phenols is 2. The van der Waals surface area contributed by atoms with Crippen molar-refractivity contribution in [3.05, 3.63) is 42.0 Å². The van der Waals surface area contributed by atoms with Gasteiger partial charge in [0.1, 0.15) is 34.2 Å². The highest BCUT2D eigenvalue weighted by Gasteiger charge is 2.37. The topological polar surface area (TPSA) is 83.1 Å². The van der Waals surface area contributed by atoms with Crippen molar-refractivity contribution < 1.29 is 24.5 Å². The summed E-state index contributed by atoms with van der Waals surface area (Å²) in [5, 5.41) is 30.9. The summed E-state index contributed by atoms with van der Waals surface area (Å²) in [6, 6.07) is 10.2. The van der Waals surface area contributed by atoms with Crippen LogP contribution >= 0.6 is 0 Å². The number of ether oxygens (including phenoxy) is 1. The Balaban J connectivity index is 1.83. The summed E-state index contributed by atoms with van der Waals surface area (Å²) in [5.74, 6) is 1.32. The summed E-state index contributed by atoms with van der Waals surface area (Å²) in [5.41, 5.74) is 1.12. The molecule has 0 amide bonds. The highest BCUT2D eigenvalue weighted by molar-refractivity contribution is 5.84. The van der Waals surface area contributed by atoms with E-state index < -0.39 is 11.7 Å². The monoisotopic (exact) mass is 326 g/mol. The van der Waals surface area contributed by atoms with E-state index in [4.69, 9.17) is 9.15 Å². The molecular weight excluding hydrogens is 308 g/mol. The maximum absolute atomic E-state index is 10.3. The first-order valence-corrected chi connectivity index (χ1v) is 7.79. The van der Waals surface area contributed by atoms with Gasteiger partial charge in [0.25, 0.3) is 0 Å². The minimum atomic E-state index is -0.724. The van der Waals surface area contributed by atoms with Crippen LogP contribution in [0.15, 0.2) is 40.8 Å². The number of rotatable bonds is 1. The normalized spacial score (nSPS) is 19.0. The molecule has 24 heavy (non-hydrogen) atoms. The Morgan fingerprint density at radius 2 is 1.88 bits per heavy atom. The summed E-state index contributed by atoms with van der Waals surface area (Å²) in [6.07, 6.45) is -0.349. The van der Waals surface area contributed by atoms with Crippen LogP contribution in [0.25, 0.3) is 22.3 Å². The van der Waals surface area contributed by atoms with Gasteiger partial charge in [0.05, 0.1) is 6.10 Å². The summed E-state index contributed by atoms with van der Waals surface area (Å²) < 4.78 is 11.7. The van der Waals surface area contributed by atoms with Crippen LogP contribution in [0.2, 0.25) is 0 Å². The SMILES string of the molecule is CC1(C)Oc2cc(-c3cc4ccc(O)cc4o3)cc(O)c2CC1O. The number of aliphatic hydroxyl groups is 1. The standard InChI is InChI=1S/C19H18O5/c1-19(2)18(22)9-13-14(21)5-11(7-17(13)24-19)15-6-10-3-4-12(20)8-16(10)23-15/h3-8,18,20-22H,9H2,1-2H3. The minimum absolute atomic E-state index is 0.0698. The highest BCUT2D eigenvalue weighted by atomic mass is 16.5. The fourth-order valence-electron chi connectivity index (χ4n) is 3.02. The molecule has 1 aliphatic rings. The molecule has 3 N–H and O–H groups in total. The van der Waals surface area contributed by atoms with Crippen molar-refractivity contribution in [1.29, 1.82) is 0 Å². The van der Waals surface area contributed by atoms with Crippen molar-refractivity contribution in [2.75, 3.05) is 0 Å². The van der Waals surface area contributed by atoms with E-state index in [1.165, 1.54) is 0 Å². The fourth-order valence-corrected chi connectivity index (χ4v) is 3.02. The lowest BCUT2D eigenvalue weighted by Gasteiger charge is -2.37. The predicted octanol–water partition coefficient (Wildman–Crippen LogP) is 3.59. The highest BCUT2D eigenvalue weighted by Crippen LogP contribution is 2.42. The second-order valence-corrected chi connectivity index (χ2v) is 6.73. The first-order chi connectivity index (χ1) is 11.3. The molecule has 2 aromatic carbocycles. The van der Waals surface area contributed by atoms with Gasteiger partial charge in [0.2, 0.25) is 0 Å². The molecule has 0 radical (unpaired) electrons. The molecule has 5 nitrogen and oxygen atoms in total. The molecule has 1 aromatic heterocycles. The number of hydrogen-bond acceptors (Lipinski definition) is 5. The molecule has 2 heterocycles. The lowest BCUT2D eigenvalue weighted by molar-refractivity contribution is -0.0416. The largest absolute Gasteiger partial charge is 0.508 e. The molecular formula is C19H18O5. The second kappa shape index (κ2) is 4.92. The number of aromatic hydroxyl groups is 2. The van der Waals surface area contributed by atoms with Crippen molar-refractivity contribution in [2.45, 2.75) is 32.0 Å². The zero-order valence-corrected chi connectivity index (χ0v) is 13.4. The zero-order valence-electron chi connectivity index (χ0n) is 13.4. The molecule has 0 bridgehead atoms. The second-order valence-electron chi connectivity index (χ2n) is 6.73. The molecule has 1 aliphatic heterocycles. The van der Waals surface area contributed by atoms with E-state index in [1.54, 1.807) is 30.3 Å². The van der Waals surface area contributed by atoms with Gasteiger partial charge in [-0.1, -0.05) is 0 Å². The third-order valence-electron chi connectivity index (χ3n) is 4.55. The number of furan rings is 1. The molecule has 0 saturated carbocycles. The van der Waals surface area contributed by atoms with Gasteiger partial charge in [-0.05, 0) is 44.2 Å². The van der Waals surface area contributed by atoms with E-state index in [0.717, 1.165) is 5.39 Å². The Morgan fingerprint density at radius 1 is 1.08 bits per heavy atom. The molecule has 3 aromatic rings. The van der Waals surface area contributed by atoms with Gasteiger partial charge in [-0.25, -0.2) is 0 Å². The van der Waals surface area contributed by atoms with Crippen molar-refractivity contribution in [3.63, 3.8) is 0 Å².